The molecule has 0 bridgehead atoms. The Kier molecular flexibility index (Phi) is 4.25. The molecule has 1 aromatic heterocycles. The standard InChI is InChI=1S/C15H12IN5/c16-13-19-14(17-11-7-3-1-4-8-11)21-15(20-13)18-12-9-5-2-6-10-12/h1-10H,(H2,17,18,19,20,21). The molecule has 0 fully saturated rings. The average Bonchev–Trinajstić information content (AvgIpc) is 2.48. The third kappa shape index (κ3) is 3.88. The number of hydrogen-bond donors (Lipinski definition) is 2. The van der Waals surface area contributed by atoms with Gasteiger partial charge < -0.3 is 10.6 Å². The summed E-state index contributed by atoms with van der Waals surface area (Å²) in [6, 6.07) is 19.6. The zero-order chi connectivity index (χ0) is 14.5. The predicted octanol–water partition coefficient (Wildman–Crippen LogP) is 3.96. The molecule has 0 spiro atoms. The summed E-state index contributed by atoms with van der Waals surface area (Å²) >= 11 is 2.07. The average molecular weight is 389 g/mol. The number of hydrogen-bond acceptors (Lipinski definition) is 5. The summed E-state index contributed by atoms with van der Waals surface area (Å²) in [7, 11) is 0. The minimum Gasteiger partial charge on any atom is -0.324 e. The first-order chi connectivity index (χ1) is 10.3. The van der Waals surface area contributed by atoms with Gasteiger partial charge in [0.05, 0.1) is 0 Å². The highest BCUT2D eigenvalue weighted by molar-refractivity contribution is 14.1. The van der Waals surface area contributed by atoms with Gasteiger partial charge in [0.15, 0.2) is 3.83 Å². The van der Waals surface area contributed by atoms with Crippen molar-refractivity contribution in [3.63, 3.8) is 0 Å². The van der Waals surface area contributed by atoms with E-state index in [4.69, 9.17) is 0 Å². The fraction of sp³-hybridized carbons (Fsp3) is 0. The molecule has 1 heterocycles. The summed E-state index contributed by atoms with van der Waals surface area (Å²) < 4.78 is 0.625. The fourth-order valence-corrected chi connectivity index (χ4v) is 2.22. The largest absolute Gasteiger partial charge is 0.324 e. The minimum atomic E-state index is 0.513. The van der Waals surface area contributed by atoms with Crippen LogP contribution < -0.4 is 10.6 Å². The maximum absolute atomic E-state index is 4.37. The molecule has 104 valence electrons. The summed E-state index contributed by atoms with van der Waals surface area (Å²) in [5.41, 5.74) is 1.87. The van der Waals surface area contributed by atoms with Gasteiger partial charge in [-0.15, -0.1) is 0 Å². The lowest BCUT2D eigenvalue weighted by Crippen LogP contribution is -2.05. The molecule has 0 aliphatic rings. The van der Waals surface area contributed by atoms with Gasteiger partial charge >= 0.3 is 0 Å². The maximum Gasteiger partial charge on any atom is 0.232 e. The van der Waals surface area contributed by atoms with Crippen LogP contribution in [0.2, 0.25) is 0 Å². The number of rotatable bonds is 4. The van der Waals surface area contributed by atoms with Gasteiger partial charge in [-0.1, -0.05) is 36.4 Å². The smallest absolute Gasteiger partial charge is 0.232 e. The lowest BCUT2D eigenvalue weighted by molar-refractivity contribution is 1.02. The van der Waals surface area contributed by atoms with Crippen molar-refractivity contribution < 1.29 is 0 Å². The van der Waals surface area contributed by atoms with Crippen LogP contribution in [0.25, 0.3) is 0 Å². The Labute approximate surface area is 136 Å². The number of para-hydroxylation sites is 2. The number of aromatic nitrogens is 3. The van der Waals surface area contributed by atoms with E-state index >= 15 is 0 Å². The summed E-state index contributed by atoms with van der Waals surface area (Å²) in [4.78, 5) is 12.9. The molecule has 3 aromatic rings. The molecule has 0 saturated heterocycles. The van der Waals surface area contributed by atoms with Crippen molar-refractivity contribution in [1.29, 1.82) is 0 Å². The van der Waals surface area contributed by atoms with E-state index in [0.29, 0.717) is 15.7 Å². The molecule has 6 heteroatoms. The normalized spacial score (nSPS) is 10.1. The van der Waals surface area contributed by atoms with Crippen molar-refractivity contribution in [3.05, 3.63) is 64.5 Å². The highest BCUT2D eigenvalue weighted by atomic mass is 127. The first kappa shape index (κ1) is 13.7. The Morgan fingerprint density at radius 3 is 1.48 bits per heavy atom. The molecular formula is C15H12IN5. The van der Waals surface area contributed by atoms with E-state index in [2.05, 4.69) is 48.2 Å². The van der Waals surface area contributed by atoms with Crippen molar-refractivity contribution in [2.45, 2.75) is 0 Å². The summed E-state index contributed by atoms with van der Waals surface area (Å²) in [6.45, 7) is 0. The van der Waals surface area contributed by atoms with Gasteiger partial charge in [-0.3, -0.25) is 0 Å². The van der Waals surface area contributed by atoms with E-state index < -0.39 is 0 Å². The number of anilines is 4. The van der Waals surface area contributed by atoms with E-state index in [1.165, 1.54) is 0 Å². The summed E-state index contributed by atoms with van der Waals surface area (Å²) in [5, 5.41) is 6.33. The zero-order valence-electron chi connectivity index (χ0n) is 11.0. The molecule has 5 nitrogen and oxygen atoms in total. The molecule has 0 aliphatic carbocycles. The van der Waals surface area contributed by atoms with Crippen LogP contribution in [0.1, 0.15) is 0 Å². The zero-order valence-corrected chi connectivity index (χ0v) is 13.2. The number of benzene rings is 2. The molecule has 0 atom stereocenters. The van der Waals surface area contributed by atoms with Crippen molar-refractivity contribution in [2.24, 2.45) is 0 Å². The van der Waals surface area contributed by atoms with Crippen LogP contribution in [-0.4, -0.2) is 15.0 Å². The van der Waals surface area contributed by atoms with Crippen molar-refractivity contribution in [1.82, 2.24) is 15.0 Å². The minimum absolute atomic E-state index is 0.513. The van der Waals surface area contributed by atoms with Crippen LogP contribution in [0.3, 0.4) is 0 Å². The van der Waals surface area contributed by atoms with Crippen molar-refractivity contribution in [2.75, 3.05) is 10.6 Å². The summed E-state index contributed by atoms with van der Waals surface area (Å²) in [5.74, 6) is 1.03. The molecule has 2 N–H and O–H groups in total. The Bertz CT molecular complexity index is 659. The molecule has 21 heavy (non-hydrogen) atoms. The quantitative estimate of drug-likeness (QED) is 0.662. The van der Waals surface area contributed by atoms with Gasteiger partial charge in [-0.2, -0.15) is 15.0 Å². The van der Waals surface area contributed by atoms with Crippen LogP contribution in [-0.2, 0) is 0 Å². The lowest BCUT2D eigenvalue weighted by Gasteiger charge is -2.08. The van der Waals surface area contributed by atoms with Gasteiger partial charge in [0.1, 0.15) is 0 Å². The van der Waals surface area contributed by atoms with E-state index in [1.807, 2.05) is 60.7 Å². The first-order valence-corrected chi connectivity index (χ1v) is 7.43. The second-order valence-corrected chi connectivity index (χ2v) is 5.20. The van der Waals surface area contributed by atoms with Crippen LogP contribution in [0, 0.1) is 3.83 Å². The lowest BCUT2D eigenvalue weighted by atomic mass is 10.3. The molecular weight excluding hydrogens is 377 g/mol. The van der Waals surface area contributed by atoms with Gasteiger partial charge in [0.25, 0.3) is 0 Å². The van der Waals surface area contributed by atoms with Gasteiger partial charge in [-0.05, 0) is 24.3 Å². The van der Waals surface area contributed by atoms with E-state index in [0.717, 1.165) is 11.4 Å². The number of halogens is 1. The Morgan fingerprint density at radius 1 is 0.619 bits per heavy atom. The first-order valence-electron chi connectivity index (χ1n) is 6.35. The molecule has 3 rings (SSSR count). The highest BCUT2D eigenvalue weighted by Gasteiger charge is 2.05. The van der Waals surface area contributed by atoms with Crippen molar-refractivity contribution in [3.8, 4) is 0 Å². The van der Waals surface area contributed by atoms with Gasteiger partial charge in [0.2, 0.25) is 11.9 Å². The SMILES string of the molecule is Ic1nc(Nc2ccccc2)nc(Nc2ccccc2)n1. The molecule has 0 aliphatic heterocycles. The number of nitrogens with zero attached hydrogens (tertiary/aromatic N) is 3. The van der Waals surface area contributed by atoms with Crippen molar-refractivity contribution >= 4 is 45.9 Å². The van der Waals surface area contributed by atoms with Crippen LogP contribution in [0.4, 0.5) is 23.3 Å². The summed E-state index contributed by atoms with van der Waals surface area (Å²) in [6.07, 6.45) is 0. The van der Waals surface area contributed by atoms with E-state index in [1.54, 1.807) is 0 Å². The third-order valence-corrected chi connectivity index (χ3v) is 3.15. The molecule has 0 amide bonds. The maximum atomic E-state index is 4.37. The predicted molar refractivity (Wildman–Crippen MR) is 92.0 cm³/mol. The Hall–Kier alpha value is -2.22. The molecule has 2 aromatic carbocycles. The Balaban J connectivity index is 1.83. The second-order valence-electron chi connectivity index (χ2n) is 4.23. The molecule has 0 unspecified atom stereocenters. The monoisotopic (exact) mass is 389 g/mol. The van der Waals surface area contributed by atoms with Gasteiger partial charge in [0, 0.05) is 34.0 Å². The Morgan fingerprint density at radius 2 is 1.05 bits per heavy atom. The van der Waals surface area contributed by atoms with E-state index in [9.17, 15) is 0 Å². The second kappa shape index (κ2) is 6.49. The third-order valence-electron chi connectivity index (χ3n) is 2.67. The van der Waals surface area contributed by atoms with E-state index in [-0.39, 0.29) is 0 Å². The topological polar surface area (TPSA) is 62.7 Å². The van der Waals surface area contributed by atoms with Crippen LogP contribution in [0.5, 0.6) is 0 Å². The number of nitrogens with one attached hydrogen (secondary N) is 2. The van der Waals surface area contributed by atoms with Crippen LogP contribution >= 0.6 is 22.6 Å². The highest BCUT2D eigenvalue weighted by Crippen LogP contribution is 2.17. The van der Waals surface area contributed by atoms with Gasteiger partial charge in [-0.25, -0.2) is 0 Å². The molecule has 0 radical (unpaired) electrons. The fourth-order valence-electron chi connectivity index (χ4n) is 1.76. The molecule has 0 saturated carbocycles. The van der Waals surface area contributed by atoms with Crippen LogP contribution in [0.15, 0.2) is 60.7 Å².